The normalized spacial score (nSPS) is 11.1. The Morgan fingerprint density at radius 1 is 1.30 bits per heavy atom. The van der Waals surface area contributed by atoms with Gasteiger partial charge in [-0.15, -0.1) is 0 Å². The highest BCUT2D eigenvalue weighted by Gasteiger charge is 2.13. The Morgan fingerprint density at radius 2 is 2.00 bits per heavy atom. The molecule has 3 aromatic rings. The molecule has 0 spiro atoms. The number of para-hydroxylation sites is 1. The second-order valence-corrected chi connectivity index (χ2v) is 6.15. The Morgan fingerprint density at radius 3 is 2.70 bits per heavy atom. The van der Waals surface area contributed by atoms with Gasteiger partial charge in [-0.2, -0.15) is 10.2 Å². The Kier molecular flexibility index (Phi) is 5.52. The van der Waals surface area contributed by atoms with Crippen molar-refractivity contribution in [3.63, 3.8) is 0 Å². The SMILES string of the molecule is Cc1nn(Cc2ccc(F)cc2)c(Cl)c1/C=N\NC(=O)c1ccccc1O. The minimum atomic E-state index is -0.545. The van der Waals surface area contributed by atoms with Crippen molar-refractivity contribution in [3.8, 4) is 5.75 Å². The van der Waals surface area contributed by atoms with Crippen LogP contribution in [0.5, 0.6) is 5.75 Å². The molecule has 8 heteroatoms. The lowest BCUT2D eigenvalue weighted by molar-refractivity contribution is 0.0952. The molecule has 0 aliphatic rings. The maximum Gasteiger partial charge on any atom is 0.275 e. The maximum absolute atomic E-state index is 13.0. The summed E-state index contributed by atoms with van der Waals surface area (Å²) in [7, 11) is 0. The van der Waals surface area contributed by atoms with E-state index >= 15 is 0 Å². The lowest BCUT2D eigenvalue weighted by atomic mass is 10.2. The minimum absolute atomic E-state index is 0.115. The molecule has 2 N–H and O–H groups in total. The fraction of sp³-hybridized carbons (Fsp3) is 0.105. The summed E-state index contributed by atoms with van der Waals surface area (Å²) < 4.78 is 14.6. The van der Waals surface area contributed by atoms with Crippen LogP contribution >= 0.6 is 11.6 Å². The van der Waals surface area contributed by atoms with Crippen LogP contribution in [0.1, 0.15) is 27.2 Å². The first-order valence-electron chi connectivity index (χ1n) is 8.04. The second-order valence-electron chi connectivity index (χ2n) is 5.79. The summed E-state index contributed by atoms with van der Waals surface area (Å²) in [5.41, 5.74) is 4.48. The molecule has 0 aliphatic heterocycles. The number of hydrazone groups is 1. The van der Waals surface area contributed by atoms with Crippen molar-refractivity contribution >= 4 is 23.7 Å². The summed E-state index contributed by atoms with van der Waals surface area (Å²) in [4.78, 5) is 12.0. The molecular formula is C19H16ClFN4O2. The first-order valence-corrected chi connectivity index (χ1v) is 8.42. The smallest absolute Gasteiger partial charge is 0.275 e. The van der Waals surface area contributed by atoms with Crippen LogP contribution < -0.4 is 5.43 Å². The molecular weight excluding hydrogens is 371 g/mol. The number of hydrogen-bond acceptors (Lipinski definition) is 4. The van der Waals surface area contributed by atoms with Crippen LogP contribution in [0.15, 0.2) is 53.6 Å². The third-order valence-electron chi connectivity index (χ3n) is 3.86. The number of nitrogens with zero attached hydrogens (tertiary/aromatic N) is 3. The molecule has 0 fully saturated rings. The van der Waals surface area contributed by atoms with E-state index in [4.69, 9.17) is 11.6 Å². The van der Waals surface area contributed by atoms with E-state index in [1.807, 2.05) is 0 Å². The number of carbonyl (C=O) groups excluding carboxylic acids is 1. The van der Waals surface area contributed by atoms with Gasteiger partial charge >= 0.3 is 0 Å². The van der Waals surface area contributed by atoms with Gasteiger partial charge in [0.1, 0.15) is 16.7 Å². The van der Waals surface area contributed by atoms with Gasteiger partial charge < -0.3 is 5.11 Å². The molecule has 0 bridgehead atoms. The van der Waals surface area contributed by atoms with Gasteiger partial charge in [0, 0.05) is 0 Å². The molecule has 0 aliphatic carbocycles. The zero-order chi connectivity index (χ0) is 19.4. The highest BCUT2D eigenvalue weighted by Crippen LogP contribution is 2.19. The first kappa shape index (κ1) is 18.6. The molecule has 138 valence electrons. The van der Waals surface area contributed by atoms with Crippen molar-refractivity contribution in [1.82, 2.24) is 15.2 Å². The van der Waals surface area contributed by atoms with Crippen LogP contribution in [0.2, 0.25) is 5.15 Å². The zero-order valence-corrected chi connectivity index (χ0v) is 15.1. The van der Waals surface area contributed by atoms with Crippen molar-refractivity contribution in [2.75, 3.05) is 0 Å². The van der Waals surface area contributed by atoms with Crippen molar-refractivity contribution in [2.24, 2.45) is 5.10 Å². The van der Waals surface area contributed by atoms with Crippen molar-refractivity contribution < 1.29 is 14.3 Å². The van der Waals surface area contributed by atoms with Gasteiger partial charge in [0.15, 0.2) is 0 Å². The Labute approximate surface area is 159 Å². The van der Waals surface area contributed by atoms with Crippen LogP contribution in [0.4, 0.5) is 4.39 Å². The predicted molar refractivity (Wildman–Crippen MR) is 101 cm³/mol. The monoisotopic (exact) mass is 386 g/mol. The molecule has 1 heterocycles. The summed E-state index contributed by atoms with van der Waals surface area (Å²) in [5, 5.41) is 18.3. The summed E-state index contributed by atoms with van der Waals surface area (Å²) in [5.74, 6) is -0.988. The predicted octanol–water partition coefficient (Wildman–Crippen LogP) is 3.50. The number of benzene rings is 2. The van der Waals surface area contributed by atoms with Gasteiger partial charge in [-0.1, -0.05) is 35.9 Å². The molecule has 2 aromatic carbocycles. The molecule has 3 rings (SSSR count). The van der Waals surface area contributed by atoms with Crippen molar-refractivity contribution in [1.29, 1.82) is 0 Å². The van der Waals surface area contributed by atoms with E-state index in [0.717, 1.165) is 5.56 Å². The molecule has 27 heavy (non-hydrogen) atoms. The van der Waals surface area contributed by atoms with Crippen molar-refractivity contribution in [3.05, 3.63) is 81.9 Å². The summed E-state index contributed by atoms with van der Waals surface area (Å²) in [6.45, 7) is 2.14. The van der Waals surface area contributed by atoms with Gasteiger partial charge in [-0.05, 0) is 36.8 Å². The second kappa shape index (κ2) is 8.01. The van der Waals surface area contributed by atoms with Crippen LogP contribution in [-0.4, -0.2) is 27.0 Å². The van der Waals surface area contributed by atoms with E-state index in [2.05, 4.69) is 15.6 Å². The standard InChI is InChI=1S/C19H16ClFN4O2/c1-12-16(10-22-23-19(27)15-4-2-3-5-17(15)26)18(20)25(24-12)11-13-6-8-14(21)9-7-13/h2-10,26H,11H2,1H3,(H,23,27)/b22-10-. The highest BCUT2D eigenvalue weighted by atomic mass is 35.5. The average molecular weight is 387 g/mol. The Hall–Kier alpha value is -3.19. The van der Waals surface area contributed by atoms with E-state index < -0.39 is 5.91 Å². The van der Waals surface area contributed by atoms with Crippen LogP contribution in [0.3, 0.4) is 0 Å². The van der Waals surface area contributed by atoms with Crippen LogP contribution in [0, 0.1) is 12.7 Å². The van der Waals surface area contributed by atoms with E-state index in [1.54, 1.807) is 35.9 Å². The molecule has 0 radical (unpaired) electrons. The van der Waals surface area contributed by atoms with Crippen LogP contribution in [-0.2, 0) is 6.54 Å². The van der Waals surface area contributed by atoms with Gasteiger partial charge in [-0.3, -0.25) is 4.79 Å². The number of aromatic nitrogens is 2. The highest BCUT2D eigenvalue weighted by molar-refractivity contribution is 6.32. The first-order chi connectivity index (χ1) is 13.0. The lowest BCUT2D eigenvalue weighted by Crippen LogP contribution is -2.17. The lowest BCUT2D eigenvalue weighted by Gasteiger charge is -2.03. The van der Waals surface area contributed by atoms with E-state index in [-0.39, 0.29) is 17.1 Å². The Bertz CT molecular complexity index is 999. The number of hydrogen-bond donors (Lipinski definition) is 2. The maximum atomic E-state index is 13.0. The third-order valence-corrected chi connectivity index (χ3v) is 4.26. The van der Waals surface area contributed by atoms with Gasteiger partial charge in [0.25, 0.3) is 5.91 Å². The number of aryl methyl sites for hydroxylation is 1. The largest absolute Gasteiger partial charge is 0.507 e. The minimum Gasteiger partial charge on any atom is -0.507 e. The van der Waals surface area contributed by atoms with Gasteiger partial charge in [-0.25, -0.2) is 14.5 Å². The third kappa shape index (κ3) is 4.32. The van der Waals surface area contributed by atoms with Gasteiger partial charge in [0.05, 0.1) is 29.6 Å². The number of halogens is 2. The zero-order valence-electron chi connectivity index (χ0n) is 14.4. The molecule has 0 atom stereocenters. The number of carbonyl (C=O) groups is 1. The molecule has 0 unspecified atom stereocenters. The molecule has 1 aromatic heterocycles. The van der Waals surface area contributed by atoms with E-state index in [9.17, 15) is 14.3 Å². The number of amides is 1. The number of phenolic OH excluding ortho intramolecular Hbond substituents is 1. The van der Waals surface area contributed by atoms with Crippen molar-refractivity contribution in [2.45, 2.75) is 13.5 Å². The summed E-state index contributed by atoms with van der Waals surface area (Å²) in [6, 6.07) is 12.2. The fourth-order valence-electron chi connectivity index (χ4n) is 2.46. The number of aromatic hydroxyl groups is 1. The van der Waals surface area contributed by atoms with Crippen LogP contribution in [0.25, 0.3) is 0 Å². The molecule has 0 saturated heterocycles. The van der Waals surface area contributed by atoms with Gasteiger partial charge in [0.2, 0.25) is 0 Å². The molecule has 0 saturated carbocycles. The van der Waals surface area contributed by atoms with E-state index in [1.165, 1.54) is 30.5 Å². The Balaban J connectivity index is 1.72. The fourth-order valence-corrected chi connectivity index (χ4v) is 2.75. The molecule has 6 nitrogen and oxygen atoms in total. The topological polar surface area (TPSA) is 79.5 Å². The summed E-state index contributed by atoms with van der Waals surface area (Å²) in [6.07, 6.45) is 1.39. The summed E-state index contributed by atoms with van der Waals surface area (Å²) >= 11 is 6.35. The molecule has 1 amide bonds. The number of phenols is 1. The number of nitrogens with one attached hydrogen (secondary N) is 1. The quantitative estimate of drug-likeness (QED) is 0.520. The van der Waals surface area contributed by atoms with E-state index in [0.29, 0.717) is 23.0 Å². The number of rotatable bonds is 5. The average Bonchev–Trinajstić information content (AvgIpc) is 2.91.